The van der Waals surface area contributed by atoms with E-state index in [-0.39, 0.29) is 23.6 Å². The van der Waals surface area contributed by atoms with Crippen LogP contribution in [0.3, 0.4) is 0 Å². The van der Waals surface area contributed by atoms with Gasteiger partial charge < -0.3 is 5.32 Å². The van der Waals surface area contributed by atoms with Crippen LogP contribution in [0.15, 0.2) is 12.3 Å². The summed E-state index contributed by atoms with van der Waals surface area (Å²) in [7, 11) is 0. The molecular formula is C8H6N8O2. The van der Waals surface area contributed by atoms with E-state index in [0.29, 0.717) is 5.82 Å². The minimum atomic E-state index is -0.619. The maximum atomic E-state index is 10.8. The van der Waals surface area contributed by atoms with E-state index in [0.717, 1.165) is 6.07 Å². The van der Waals surface area contributed by atoms with E-state index in [1.54, 1.807) is 6.07 Å². The number of tetrazole rings is 1. The lowest BCUT2D eigenvalue weighted by atomic mass is 10.3. The quantitative estimate of drug-likeness (QED) is 0.565. The second kappa shape index (κ2) is 4.83. The first-order valence-corrected chi connectivity index (χ1v) is 4.71. The molecule has 90 valence electrons. The van der Waals surface area contributed by atoms with Crippen LogP contribution in [-0.4, -0.2) is 30.5 Å². The molecule has 0 radical (unpaired) electrons. The monoisotopic (exact) mass is 246 g/mol. The molecule has 0 aliphatic heterocycles. The summed E-state index contributed by atoms with van der Waals surface area (Å²) in [4.78, 5) is 14.0. The average molecular weight is 246 g/mol. The molecule has 18 heavy (non-hydrogen) atoms. The normalized spacial score (nSPS) is 9.72. The number of aromatic amines is 1. The number of hydrogen-bond donors (Lipinski definition) is 2. The number of nitrogens with one attached hydrogen (secondary N) is 2. The standard InChI is InChI=1S/C8H6N8O2/c9-2-5-1-6(16(17)18)8(10-3-5)11-4-7-12-14-15-13-7/h1,3H,4H2,(H,10,11)(H,12,13,14,15). The van der Waals surface area contributed by atoms with Gasteiger partial charge in [0.25, 0.3) is 0 Å². The fourth-order valence-electron chi connectivity index (χ4n) is 1.21. The van der Waals surface area contributed by atoms with Crippen LogP contribution in [0.2, 0.25) is 0 Å². The summed E-state index contributed by atoms with van der Waals surface area (Å²) in [5.74, 6) is 0.388. The molecule has 0 saturated heterocycles. The van der Waals surface area contributed by atoms with Crippen LogP contribution in [0, 0.1) is 21.4 Å². The molecular weight excluding hydrogens is 240 g/mol. The Balaban J connectivity index is 2.22. The number of anilines is 1. The molecule has 10 nitrogen and oxygen atoms in total. The Morgan fingerprint density at radius 2 is 2.44 bits per heavy atom. The summed E-state index contributed by atoms with van der Waals surface area (Å²) in [6, 6.07) is 2.93. The van der Waals surface area contributed by atoms with Crippen LogP contribution in [0.1, 0.15) is 11.4 Å². The summed E-state index contributed by atoms with van der Waals surface area (Å²) in [5, 5.41) is 35.1. The number of pyridine rings is 1. The Kier molecular flexibility index (Phi) is 3.06. The summed E-state index contributed by atoms with van der Waals surface area (Å²) < 4.78 is 0. The maximum Gasteiger partial charge on any atom is 0.312 e. The van der Waals surface area contributed by atoms with Crippen molar-refractivity contribution in [1.82, 2.24) is 25.6 Å². The first-order valence-electron chi connectivity index (χ1n) is 4.71. The third-order valence-corrected chi connectivity index (χ3v) is 2.00. The van der Waals surface area contributed by atoms with Crippen LogP contribution < -0.4 is 5.32 Å². The van der Waals surface area contributed by atoms with E-state index in [2.05, 4.69) is 30.9 Å². The molecule has 0 aliphatic rings. The van der Waals surface area contributed by atoms with Crippen LogP contribution in [-0.2, 0) is 6.54 Å². The molecule has 2 heterocycles. The number of H-pyrrole nitrogens is 1. The van der Waals surface area contributed by atoms with Crippen molar-refractivity contribution in [3.05, 3.63) is 33.8 Å². The van der Waals surface area contributed by atoms with Gasteiger partial charge in [0.15, 0.2) is 5.82 Å². The van der Waals surface area contributed by atoms with Crippen LogP contribution >= 0.6 is 0 Å². The number of nitrogens with zero attached hydrogens (tertiary/aromatic N) is 6. The van der Waals surface area contributed by atoms with Crippen LogP contribution in [0.4, 0.5) is 11.5 Å². The van der Waals surface area contributed by atoms with Gasteiger partial charge in [-0.2, -0.15) is 10.5 Å². The summed E-state index contributed by atoms with van der Waals surface area (Å²) in [5.41, 5.74) is -0.163. The van der Waals surface area contributed by atoms with Gasteiger partial charge >= 0.3 is 5.69 Å². The molecule has 0 bridgehead atoms. The van der Waals surface area contributed by atoms with Gasteiger partial charge in [-0.25, -0.2) is 4.98 Å². The molecule has 0 spiro atoms. The van der Waals surface area contributed by atoms with Gasteiger partial charge in [-0.1, -0.05) is 5.21 Å². The molecule has 0 saturated carbocycles. The number of aromatic nitrogens is 5. The van der Waals surface area contributed by atoms with Crippen molar-refractivity contribution in [2.24, 2.45) is 0 Å². The van der Waals surface area contributed by atoms with Crippen molar-refractivity contribution in [1.29, 1.82) is 5.26 Å². The van der Waals surface area contributed by atoms with Crippen molar-refractivity contribution in [3.8, 4) is 6.07 Å². The Bertz CT molecular complexity index is 602. The molecule has 10 heteroatoms. The molecule has 2 rings (SSSR count). The molecule has 2 aromatic rings. The molecule has 0 fully saturated rings. The maximum absolute atomic E-state index is 10.8. The first-order chi connectivity index (χ1) is 8.70. The molecule has 0 atom stereocenters. The second-order valence-electron chi connectivity index (χ2n) is 3.14. The van der Waals surface area contributed by atoms with E-state index >= 15 is 0 Å². The predicted molar refractivity (Wildman–Crippen MR) is 57.1 cm³/mol. The van der Waals surface area contributed by atoms with Gasteiger partial charge in [-0.15, -0.1) is 10.2 Å². The van der Waals surface area contributed by atoms with Crippen molar-refractivity contribution in [2.75, 3.05) is 5.32 Å². The van der Waals surface area contributed by atoms with E-state index < -0.39 is 4.92 Å². The predicted octanol–water partition coefficient (Wildman–Crippen LogP) is -0.0133. The van der Waals surface area contributed by atoms with E-state index in [1.165, 1.54) is 6.20 Å². The third kappa shape index (κ3) is 2.35. The summed E-state index contributed by atoms with van der Waals surface area (Å²) >= 11 is 0. The SMILES string of the molecule is N#Cc1cnc(NCc2nn[nH]n2)c([N+](=O)[O-])c1. The Morgan fingerprint density at radius 1 is 1.61 bits per heavy atom. The van der Waals surface area contributed by atoms with E-state index in [9.17, 15) is 10.1 Å². The van der Waals surface area contributed by atoms with E-state index in [4.69, 9.17) is 5.26 Å². The first kappa shape index (κ1) is 11.4. The number of hydrogen-bond acceptors (Lipinski definition) is 8. The molecule has 0 amide bonds. The zero-order chi connectivity index (χ0) is 13.0. The third-order valence-electron chi connectivity index (χ3n) is 2.00. The summed E-state index contributed by atoms with van der Waals surface area (Å²) in [6.07, 6.45) is 1.24. The summed E-state index contributed by atoms with van der Waals surface area (Å²) in [6.45, 7) is 0.135. The highest BCUT2D eigenvalue weighted by Gasteiger charge is 2.16. The zero-order valence-electron chi connectivity index (χ0n) is 8.86. The molecule has 0 aromatic carbocycles. The average Bonchev–Trinajstić information content (AvgIpc) is 2.89. The lowest BCUT2D eigenvalue weighted by Crippen LogP contribution is -2.06. The number of nitriles is 1. The lowest BCUT2D eigenvalue weighted by molar-refractivity contribution is -0.384. The largest absolute Gasteiger partial charge is 0.357 e. The molecule has 2 aromatic heterocycles. The Labute approximate surface area is 99.8 Å². The minimum absolute atomic E-state index is 0.0452. The van der Waals surface area contributed by atoms with Gasteiger partial charge in [0.05, 0.1) is 17.0 Å². The van der Waals surface area contributed by atoms with Crippen molar-refractivity contribution in [2.45, 2.75) is 6.54 Å². The number of rotatable bonds is 4. The van der Waals surface area contributed by atoms with Crippen LogP contribution in [0.5, 0.6) is 0 Å². The minimum Gasteiger partial charge on any atom is -0.357 e. The highest BCUT2D eigenvalue weighted by molar-refractivity contribution is 5.58. The number of nitro groups is 1. The topological polar surface area (TPSA) is 146 Å². The van der Waals surface area contributed by atoms with Gasteiger partial charge in [0.2, 0.25) is 5.82 Å². The Hall–Kier alpha value is -3.09. The second-order valence-corrected chi connectivity index (χ2v) is 3.14. The van der Waals surface area contributed by atoms with Gasteiger partial charge in [0.1, 0.15) is 6.07 Å². The van der Waals surface area contributed by atoms with Gasteiger partial charge in [0, 0.05) is 12.3 Å². The van der Waals surface area contributed by atoms with Crippen molar-refractivity contribution < 1.29 is 4.92 Å². The van der Waals surface area contributed by atoms with Gasteiger partial charge in [-0.3, -0.25) is 10.1 Å². The van der Waals surface area contributed by atoms with Crippen LogP contribution in [0.25, 0.3) is 0 Å². The Morgan fingerprint density at radius 3 is 3.06 bits per heavy atom. The fraction of sp³-hybridized carbons (Fsp3) is 0.125. The van der Waals surface area contributed by atoms with E-state index in [1.807, 2.05) is 0 Å². The zero-order valence-corrected chi connectivity index (χ0v) is 8.86. The fourth-order valence-corrected chi connectivity index (χ4v) is 1.21. The highest BCUT2D eigenvalue weighted by atomic mass is 16.6. The smallest absolute Gasteiger partial charge is 0.312 e. The molecule has 2 N–H and O–H groups in total. The lowest BCUT2D eigenvalue weighted by Gasteiger charge is -2.03. The van der Waals surface area contributed by atoms with Crippen molar-refractivity contribution in [3.63, 3.8) is 0 Å². The molecule has 0 unspecified atom stereocenters. The van der Waals surface area contributed by atoms with Gasteiger partial charge in [-0.05, 0) is 0 Å². The highest BCUT2D eigenvalue weighted by Crippen LogP contribution is 2.22. The molecule has 0 aliphatic carbocycles. The van der Waals surface area contributed by atoms with Crippen molar-refractivity contribution >= 4 is 11.5 Å².